The average Bonchev–Trinajstić information content (AvgIpc) is 2.21. The normalized spacial score (nSPS) is 12.9. The van der Waals surface area contributed by atoms with Gasteiger partial charge < -0.3 is 10.1 Å². The van der Waals surface area contributed by atoms with Gasteiger partial charge in [-0.3, -0.25) is 4.79 Å². The Morgan fingerprint density at radius 2 is 2.13 bits per heavy atom. The van der Waals surface area contributed by atoms with Crippen molar-refractivity contribution in [1.29, 1.82) is 0 Å². The van der Waals surface area contributed by atoms with Crippen LogP contribution < -0.4 is 5.32 Å². The zero-order valence-corrected chi connectivity index (χ0v) is 11.0. The standard InChI is InChI=1S/C11H23NO2S/c1-5-12-10(11(13)14-4)6-7-15-8-9(2)3/h9-10,12H,5-8H2,1-4H3. The van der Waals surface area contributed by atoms with E-state index in [1.54, 1.807) is 0 Å². The zero-order valence-electron chi connectivity index (χ0n) is 10.2. The van der Waals surface area contributed by atoms with Gasteiger partial charge in [-0.15, -0.1) is 0 Å². The van der Waals surface area contributed by atoms with Crippen molar-refractivity contribution in [2.75, 3.05) is 25.2 Å². The van der Waals surface area contributed by atoms with E-state index >= 15 is 0 Å². The van der Waals surface area contributed by atoms with Gasteiger partial charge in [0.2, 0.25) is 0 Å². The van der Waals surface area contributed by atoms with Gasteiger partial charge in [0, 0.05) is 0 Å². The van der Waals surface area contributed by atoms with Crippen LogP contribution in [-0.4, -0.2) is 37.2 Å². The molecule has 0 rings (SSSR count). The Hall–Kier alpha value is -0.220. The highest BCUT2D eigenvalue weighted by atomic mass is 32.2. The summed E-state index contributed by atoms with van der Waals surface area (Å²) in [5.41, 5.74) is 0. The number of carbonyl (C=O) groups excluding carboxylic acids is 1. The summed E-state index contributed by atoms with van der Waals surface area (Å²) < 4.78 is 4.73. The highest BCUT2D eigenvalue weighted by Crippen LogP contribution is 2.10. The molecule has 0 aromatic rings. The van der Waals surface area contributed by atoms with E-state index in [1.165, 1.54) is 7.11 Å². The van der Waals surface area contributed by atoms with Crippen LogP contribution in [0.15, 0.2) is 0 Å². The molecule has 3 nitrogen and oxygen atoms in total. The minimum Gasteiger partial charge on any atom is -0.468 e. The molecule has 0 saturated heterocycles. The summed E-state index contributed by atoms with van der Waals surface area (Å²) >= 11 is 1.90. The van der Waals surface area contributed by atoms with Gasteiger partial charge in [-0.1, -0.05) is 20.8 Å². The largest absolute Gasteiger partial charge is 0.468 e. The van der Waals surface area contributed by atoms with E-state index in [0.29, 0.717) is 5.92 Å². The highest BCUT2D eigenvalue weighted by Gasteiger charge is 2.16. The Kier molecular flexibility index (Phi) is 8.91. The number of esters is 1. The van der Waals surface area contributed by atoms with Gasteiger partial charge in [0.15, 0.2) is 0 Å². The van der Waals surface area contributed by atoms with E-state index in [4.69, 9.17) is 4.74 Å². The molecule has 1 unspecified atom stereocenters. The third-order valence-electron chi connectivity index (χ3n) is 1.94. The molecule has 0 heterocycles. The molecule has 0 radical (unpaired) electrons. The van der Waals surface area contributed by atoms with Crippen molar-refractivity contribution >= 4 is 17.7 Å². The second kappa shape index (κ2) is 9.04. The van der Waals surface area contributed by atoms with Crippen molar-refractivity contribution in [2.24, 2.45) is 5.92 Å². The molecule has 90 valence electrons. The topological polar surface area (TPSA) is 38.3 Å². The molecule has 15 heavy (non-hydrogen) atoms. The first kappa shape index (κ1) is 14.8. The minimum atomic E-state index is -0.151. The number of thioether (sulfide) groups is 1. The monoisotopic (exact) mass is 233 g/mol. The summed E-state index contributed by atoms with van der Waals surface area (Å²) in [6.07, 6.45) is 0.845. The van der Waals surface area contributed by atoms with E-state index in [9.17, 15) is 4.79 Å². The molecule has 1 N–H and O–H groups in total. The van der Waals surface area contributed by atoms with Crippen LogP contribution in [-0.2, 0) is 9.53 Å². The molecule has 0 fully saturated rings. The lowest BCUT2D eigenvalue weighted by Crippen LogP contribution is -2.37. The smallest absolute Gasteiger partial charge is 0.322 e. The minimum absolute atomic E-state index is 0.139. The molecular formula is C11H23NO2S. The third-order valence-corrected chi connectivity index (χ3v) is 3.37. The maximum absolute atomic E-state index is 11.3. The van der Waals surface area contributed by atoms with Crippen LogP contribution in [0.5, 0.6) is 0 Å². The maximum Gasteiger partial charge on any atom is 0.322 e. The van der Waals surface area contributed by atoms with Gasteiger partial charge in [-0.25, -0.2) is 0 Å². The molecule has 0 aliphatic carbocycles. The number of rotatable bonds is 8. The van der Waals surface area contributed by atoms with E-state index in [-0.39, 0.29) is 12.0 Å². The lowest BCUT2D eigenvalue weighted by Gasteiger charge is -2.15. The Morgan fingerprint density at radius 1 is 1.47 bits per heavy atom. The van der Waals surface area contributed by atoms with Crippen LogP contribution in [0.3, 0.4) is 0 Å². The molecular weight excluding hydrogens is 210 g/mol. The van der Waals surface area contributed by atoms with E-state index < -0.39 is 0 Å². The van der Waals surface area contributed by atoms with Crippen LogP contribution >= 0.6 is 11.8 Å². The molecule has 0 amide bonds. The van der Waals surface area contributed by atoms with Crippen molar-refractivity contribution in [3.8, 4) is 0 Å². The number of carbonyl (C=O) groups is 1. The SMILES string of the molecule is CCNC(CCSCC(C)C)C(=O)OC. The molecule has 0 spiro atoms. The lowest BCUT2D eigenvalue weighted by molar-refractivity contribution is -0.143. The van der Waals surface area contributed by atoms with E-state index in [2.05, 4.69) is 19.2 Å². The second-order valence-corrected chi connectivity index (χ2v) is 5.04. The molecule has 1 atom stereocenters. The number of ether oxygens (including phenoxy) is 1. The molecule has 0 aromatic heterocycles. The van der Waals surface area contributed by atoms with Crippen molar-refractivity contribution in [3.05, 3.63) is 0 Å². The molecule has 0 aliphatic heterocycles. The van der Waals surface area contributed by atoms with Crippen LogP contribution in [0.25, 0.3) is 0 Å². The first-order chi connectivity index (χ1) is 7.11. The van der Waals surface area contributed by atoms with Crippen molar-refractivity contribution in [2.45, 2.75) is 33.2 Å². The lowest BCUT2D eigenvalue weighted by atomic mass is 10.2. The first-order valence-corrected chi connectivity index (χ1v) is 6.66. The first-order valence-electron chi connectivity index (χ1n) is 5.50. The number of methoxy groups -OCH3 is 1. The number of hydrogen-bond donors (Lipinski definition) is 1. The van der Waals surface area contributed by atoms with Crippen LogP contribution in [0.2, 0.25) is 0 Å². The van der Waals surface area contributed by atoms with Crippen LogP contribution in [0.1, 0.15) is 27.2 Å². The van der Waals surface area contributed by atoms with Gasteiger partial charge in [0.05, 0.1) is 7.11 Å². The zero-order chi connectivity index (χ0) is 11.7. The fourth-order valence-electron chi connectivity index (χ4n) is 1.21. The summed E-state index contributed by atoms with van der Waals surface area (Å²) in [6, 6.07) is -0.139. The molecule has 0 saturated carbocycles. The number of hydrogen-bond acceptors (Lipinski definition) is 4. The summed E-state index contributed by atoms with van der Waals surface area (Å²) in [5.74, 6) is 2.72. The summed E-state index contributed by atoms with van der Waals surface area (Å²) in [6.45, 7) is 7.20. The summed E-state index contributed by atoms with van der Waals surface area (Å²) in [7, 11) is 1.44. The predicted molar refractivity (Wildman–Crippen MR) is 66.3 cm³/mol. The summed E-state index contributed by atoms with van der Waals surface area (Å²) in [4.78, 5) is 11.3. The van der Waals surface area contributed by atoms with Crippen molar-refractivity contribution < 1.29 is 9.53 Å². The Balaban J connectivity index is 3.71. The Bertz CT molecular complexity index is 174. The van der Waals surface area contributed by atoms with Gasteiger partial charge in [0.1, 0.15) is 6.04 Å². The Morgan fingerprint density at radius 3 is 2.60 bits per heavy atom. The average molecular weight is 233 g/mol. The van der Waals surface area contributed by atoms with Crippen LogP contribution in [0.4, 0.5) is 0 Å². The third kappa shape index (κ3) is 7.68. The summed E-state index contributed by atoms with van der Waals surface area (Å²) in [5, 5.41) is 3.13. The fourth-order valence-corrected chi connectivity index (χ4v) is 2.25. The van der Waals surface area contributed by atoms with Gasteiger partial charge >= 0.3 is 5.97 Å². The number of nitrogens with one attached hydrogen (secondary N) is 1. The highest BCUT2D eigenvalue weighted by molar-refractivity contribution is 7.99. The maximum atomic E-state index is 11.3. The Labute approximate surface area is 97.3 Å². The van der Waals surface area contributed by atoms with Crippen LogP contribution in [0, 0.1) is 5.92 Å². The van der Waals surface area contributed by atoms with E-state index in [0.717, 1.165) is 24.5 Å². The molecule has 0 aromatic carbocycles. The van der Waals surface area contributed by atoms with E-state index in [1.807, 2.05) is 18.7 Å². The fraction of sp³-hybridized carbons (Fsp3) is 0.909. The quantitative estimate of drug-likeness (QED) is 0.513. The van der Waals surface area contributed by atoms with Crippen molar-refractivity contribution in [3.63, 3.8) is 0 Å². The predicted octanol–water partition coefficient (Wildman–Crippen LogP) is 1.92. The molecule has 0 bridgehead atoms. The molecule has 4 heteroatoms. The molecule has 0 aliphatic rings. The number of likely N-dealkylation sites (N-methyl/N-ethyl adjacent to an activating group) is 1. The van der Waals surface area contributed by atoms with Gasteiger partial charge in [0.25, 0.3) is 0 Å². The second-order valence-electron chi connectivity index (χ2n) is 3.89. The van der Waals surface area contributed by atoms with Crippen molar-refractivity contribution in [1.82, 2.24) is 5.32 Å². The van der Waals surface area contributed by atoms with Gasteiger partial charge in [-0.05, 0) is 30.4 Å². The van der Waals surface area contributed by atoms with Gasteiger partial charge in [-0.2, -0.15) is 11.8 Å².